The molecule has 1 saturated carbocycles. The molecule has 17 heavy (non-hydrogen) atoms. The molecule has 94 valence electrons. The number of hydrogen-bond donors (Lipinski definition) is 1. The van der Waals surface area contributed by atoms with Crippen LogP contribution in [0.3, 0.4) is 0 Å². The lowest BCUT2D eigenvalue weighted by molar-refractivity contribution is 0.393. The molecule has 1 fully saturated rings. The van der Waals surface area contributed by atoms with E-state index in [9.17, 15) is 0 Å². The first-order valence-corrected chi connectivity index (χ1v) is 6.02. The third-order valence-electron chi connectivity index (χ3n) is 3.02. The normalized spacial score (nSPS) is 14.8. The fourth-order valence-corrected chi connectivity index (χ4v) is 1.85. The van der Waals surface area contributed by atoms with Crippen LogP contribution >= 0.6 is 0 Å². The van der Waals surface area contributed by atoms with Crippen LogP contribution in [0.5, 0.6) is 5.88 Å². The minimum Gasteiger partial charge on any atom is -0.481 e. The highest BCUT2D eigenvalue weighted by molar-refractivity contribution is 5.49. The van der Waals surface area contributed by atoms with Crippen LogP contribution in [0.1, 0.15) is 18.4 Å². The highest BCUT2D eigenvalue weighted by Gasteiger charge is 2.20. The van der Waals surface area contributed by atoms with Crippen LogP contribution in [0.4, 0.5) is 5.82 Å². The number of nitrogens with zero attached hydrogens (tertiary/aromatic N) is 3. The van der Waals surface area contributed by atoms with Gasteiger partial charge in [0.05, 0.1) is 12.7 Å². The number of aromatic nitrogens is 2. The molecule has 1 heterocycles. The Labute approximate surface area is 102 Å². The van der Waals surface area contributed by atoms with Crippen molar-refractivity contribution in [1.29, 1.82) is 0 Å². The Balaban J connectivity index is 1.94. The van der Waals surface area contributed by atoms with Crippen molar-refractivity contribution in [3.8, 4) is 5.88 Å². The standard InChI is InChI=1S/C12H20N4O/c1-9-11(14-8-15-12(9)17-3)16(2)7-6-13-10-4-5-10/h8,10,13H,4-7H2,1-3H3. The second-order valence-corrected chi connectivity index (χ2v) is 4.48. The monoisotopic (exact) mass is 236 g/mol. The Kier molecular flexibility index (Phi) is 3.78. The average molecular weight is 236 g/mol. The summed E-state index contributed by atoms with van der Waals surface area (Å²) in [6, 6.07) is 0.754. The van der Waals surface area contributed by atoms with Crippen molar-refractivity contribution in [3.05, 3.63) is 11.9 Å². The van der Waals surface area contributed by atoms with Crippen LogP contribution in [0.25, 0.3) is 0 Å². The minimum absolute atomic E-state index is 0.650. The number of hydrogen-bond acceptors (Lipinski definition) is 5. The van der Waals surface area contributed by atoms with Crippen molar-refractivity contribution in [3.63, 3.8) is 0 Å². The Bertz CT molecular complexity index is 379. The minimum atomic E-state index is 0.650. The Hall–Kier alpha value is -1.36. The summed E-state index contributed by atoms with van der Waals surface area (Å²) in [5.41, 5.74) is 0.990. The maximum atomic E-state index is 5.20. The van der Waals surface area contributed by atoms with Crippen molar-refractivity contribution in [2.75, 3.05) is 32.1 Å². The van der Waals surface area contributed by atoms with Crippen molar-refractivity contribution >= 4 is 5.82 Å². The van der Waals surface area contributed by atoms with Crippen LogP contribution in [0.2, 0.25) is 0 Å². The van der Waals surface area contributed by atoms with E-state index in [2.05, 4.69) is 20.2 Å². The predicted octanol–water partition coefficient (Wildman–Crippen LogP) is 0.982. The van der Waals surface area contributed by atoms with Gasteiger partial charge in [-0.3, -0.25) is 0 Å². The van der Waals surface area contributed by atoms with Crippen LogP contribution in [0, 0.1) is 6.92 Å². The van der Waals surface area contributed by atoms with Crippen LogP contribution < -0.4 is 15.0 Å². The fourth-order valence-electron chi connectivity index (χ4n) is 1.85. The lowest BCUT2D eigenvalue weighted by Gasteiger charge is -2.20. The molecular weight excluding hydrogens is 216 g/mol. The van der Waals surface area contributed by atoms with E-state index in [0.717, 1.165) is 30.5 Å². The fraction of sp³-hybridized carbons (Fsp3) is 0.667. The molecule has 5 nitrogen and oxygen atoms in total. The van der Waals surface area contributed by atoms with Gasteiger partial charge in [-0.1, -0.05) is 0 Å². The molecule has 1 aromatic rings. The zero-order valence-corrected chi connectivity index (χ0v) is 10.7. The van der Waals surface area contributed by atoms with Crippen molar-refractivity contribution < 1.29 is 4.74 Å². The van der Waals surface area contributed by atoms with Crippen molar-refractivity contribution in [1.82, 2.24) is 15.3 Å². The first-order chi connectivity index (χ1) is 8.22. The molecule has 0 unspecified atom stereocenters. The molecule has 0 aliphatic heterocycles. The first kappa shape index (κ1) is 12.1. The number of ether oxygens (including phenoxy) is 1. The van der Waals surface area contributed by atoms with Gasteiger partial charge in [-0.05, 0) is 19.8 Å². The highest BCUT2D eigenvalue weighted by Crippen LogP contribution is 2.22. The van der Waals surface area contributed by atoms with Gasteiger partial charge in [-0.15, -0.1) is 0 Å². The molecule has 0 bridgehead atoms. The second kappa shape index (κ2) is 5.31. The molecule has 0 amide bonds. The zero-order chi connectivity index (χ0) is 12.3. The summed E-state index contributed by atoms with van der Waals surface area (Å²) in [5.74, 6) is 1.59. The molecule has 1 aliphatic rings. The number of rotatable bonds is 6. The van der Waals surface area contributed by atoms with E-state index < -0.39 is 0 Å². The molecule has 1 aliphatic carbocycles. The molecule has 0 atom stereocenters. The molecule has 2 rings (SSSR count). The smallest absolute Gasteiger partial charge is 0.221 e. The number of anilines is 1. The number of likely N-dealkylation sites (N-methyl/N-ethyl adjacent to an activating group) is 1. The third kappa shape index (κ3) is 3.06. The molecule has 1 aromatic heterocycles. The summed E-state index contributed by atoms with van der Waals surface area (Å²) in [6.45, 7) is 3.92. The lowest BCUT2D eigenvalue weighted by Crippen LogP contribution is -2.31. The topological polar surface area (TPSA) is 50.3 Å². The molecule has 0 aromatic carbocycles. The molecule has 1 N–H and O–H groups in total. The lowest BCUT2D eigenvalue weighted by atomic mass is 10.3. The van der Waals surface area contributed by atoms with Crippen molar-refractivity contribution in [2.24, 2.45) is 0 Å². The van der Waals surface area contributed by atoms with Gasteiger partial charge in [0.25, 0.3) is 0 Å². The Morgan fingerprint density at radius 2 is 2.24 bits per heavy atom. The van der Waals surface area contributed by atoms with E-state index in [4.69, 9.17) is 4.74 Å². The summed E-state index contributed by atoms with van der Waals surface area (Å²) < 4.78 is 5.20. The highest BCUT2D eigenvalue weighted by atomic mass is 16.5. The van der Waals surface area contributed by atoms with E-state index >= 15 is 0 Å². The first-order valence-electron chi connectivity index (χ1n) is 6.02. The van der Waals surface area contributed by atoms with E-state index in [1.165, 1.54) is 12.8 Å². The van der Waals surface area contributed by atoms with Crippen LogP contribution in [0.15, 0.2) is 6.33 Å². The quantitative estimate of drug-likeness (QED) is 0.798. The maximum absolute atomic E-state index is 5.20. The van der Waals surface area contributed by atoms with Gasteiger partial charge in [0.1, 0.15) is 12.1 Å². The molecule has 0 radical (unpaired) electrons. The number of methoxy groups -OCH3 is 1. The summed E-state index contributed by atoms with van der Waals surface area (Å²) in [4.78, 5) is 10.5. The van der Waals surface area contributed by atoms with Gasteiger partial charge < -0.3 is 15.0 Å². The Morgan fingerprint density at radius 1 is 1.47 bits per heavy atom. The van der Waals surface area contributed by atoms with E-state index in [1.807, 2.05) is 14.0 Å². The van der Waals surface area contributed by atoms with Gasteiger partial charge >= 0.3 is 0 Å². The number of nitrogens with one attached hydrogen (secondary N) is 1. The maximum Gasteiger partial charge on any atom is 0.221 e. The van der Waals surface area contributed by atoms with Gasteiger partial charge in [-0.2, -0.15) is 0 Å². The molecule has 0 saturated heterocycles. The van der Waals surface area contributed by atoms with Gasteiger partial charge in [-0.25, -0.2) is 9.97 Å². The van der Waals surface area contributed by atoms with Crippen molar-refractivity contribution in [2.45, 2.75) is 25.8 Å². The second-order valence-electron chi connectivity index (χ2n) is 4.48. The Morgan fingerprint density at radius 3 is 2.88 bits per heavy atom. The van der Waals surface area contributed by atoms with E-state index in [1.54, 1.807) is 13.4 Å². The molecule has 5 heteroatoms. The molecule has 0 spiro atoms. The zero-order valence-electron chi connectivity index (χ0n) is 10.7. The van der Waals surface area contributed by atoms with E-state index in [0.29, 0.717) is 5.88 Å². The SMILES string of the molecule is COc1ncnc(N(C)CCNC2CC2)c1C. The van der Waals surface area contributed by atoms with E-state index in [-0.39, 0.29) is 0 Å². The predicted molar refractivity (Wildman–Crippen MR) is 67.6 cm³/mol. The summed E-state index contributed by atoms with van der Waals surface area (Å²) >= 11 is 0. The third-order valence-corrected chi connectivity index (χ3v) is 3.02. The van der Waals surface area contributed by atoms with Crippen LogP contribution in [-0.2, 0) is 0 Å². The summed E-state index contributed by atoms with van der Waals surface area (Å²) in [6.07, 6.45) is 4.19. The van der Waals surface area contributed by atoms with Crippen LogP contribution in [-0.4, -0.2) is 43.3 Å². The average Bonchev–Trinajstić information content (AvgIpc) is 3.13. The van der Waals surface area contributed by atoms with Gasteiger partial charge in [0.15, 0.2) is 0 Å². The molecular formula is C12H20N4O. The largest absolute Gasteiger partial charge is 0.481 e. The summed E-state index contributed by atoms with van der Waals surface area (Å²) in [5, 5.41) is 3.49. The summed E-state index contributed by atoms with van der Waals surface area (Å²) in [7, 11) is 3.68. The van der Waals surface area contributed by atoms with Gasteiger partial charge in [0.2, 0.25) is 5.88 Å². The van der Waals surface area contributed by atoms with Gasteiger partial charge in [0, 0.05) is 26.2 Å².